The zero-order chi connectivity index (χ0) is 12.7. The van der Waals surface area contributed by atoms with Crippen molar-refractivity contribution < 1.29 is 14.7 Å². The molecular formula is C12H20N2O3. The third-order valence-corrected chi connectivity index (χ3v) is 3.09. The van der Waals surface area contributed by atoms with Crippen molar-refractivity contribution in [2.75, 3.05) is 6.54 Å². The molecule has 0 spiro atoms. The van der Waals surface area contributed by atoms with E-state index in [1.165, 1.54) is 0 Å². The van der Waals surface area contributed by atoms with Gasteiger partial charge in [-0.3, -0.25) is 0 Å². The number of hydrogen-bond donors (Lipinski definition) is 3. The fraction of sp³-hybridized carbons (Fsp3) is 0.667. The highest BCUT2D eigenvalue weighted by Gasteiger charge is 2.40. The molecule has 0 atom stereocenters. The third-order valence-electron chi connectivity index (χ3n) is 3.09. The first-order chi connectivity index (χ1) is 8.10. The Balaban J connectivity index is 2.54. The molecule has 5 nitrogen and oxygen atoms in total. The van der Waals surface area contributed by atoms with Gasteiger partial charge in [0.1, 0.15) is 5.54 Å². The summed E-state index contributed by atoms with van der Waals surface area (Å²) in [5.74, 6) is -0.932. The van der Waals surface area contributed by atoms with Crippen LogP contribution in [0, 0.1) is 0 Å². The average molecular weight is 240 g/mol. The van der Waals surface area contributed by atoms with E-state index in [-0.39, 0.29) is 0 Å². The van der Waals surface area contributed by atoms with E-state index in [4.69, 9.17) is 0 Å². The number of carboxylic acid groups (broad SMARTS) is 1. The van der Waals surface area contributed by atoms with Crippen LogP contribution in [-0.4, -0.2) is 29.2 Å². The summed E-state index contributed by atoms with van der Waals surface area (Å²) in [6, 6.07) is -0.410. The van der Waals surface area contributed by atoms with Crippen molar-refractivity contribution >= 4 is 12.0 Å². The number of nitrogens with one attached hydrogen (secondary N) is 2. The van der Waals surface area contributed by atoms with E-state index in [0.29, 0.717) is 19.4 Å². The van der Waals surface area contributed by atoms with Crippen molar-refractivity contribution in [3.8, 4) is 0 Å². The van der Waals surface area contributed by atoms with E-state index in [1.54, 1.807) is 6.08 Å². The van der Waals surface area contributed by atoms with Gasteiger partial charge in [0.05, 0.1) is 0 Å². The molecule has 17 heavy (non-hydrogen) atoms. The smallest absolute Gasteiger partial charge is 0.329 e. The number of hydrogen-bond acceptors (Lipinski definition) is 2. The van der Waals surface area contributed by atoms with Gasteiger partial charge in [-0.2, -0.15) is 0 Å². The van der Waals surface area contributed by atoms with Crippen LogP contribution in [-0.2, 0) is 4.79 Å². The van der Waals surface area contributed by atoms with Crippen LogP contribution in [0.1, 0.15) is 39.0 Å². The number of rotatable bonds is 4. The lowest BCUT2D eigenvalue weighted by molar-refractivity contribution is -0.145. The van der Waals surface area contributed by atoms with Gasteiger partial charge in [-0.25, -0.2) is 9.59 Å². The summed E-state index contributed by atoms with van der Waals surface area (Å²) in [5.41, 5.74) is -1.07. The Bertz CT molecular complexity index is 307. The van der Waals surface area contributed by atoms with Gasteiger partial charge in [0.2, 0.25) is 0 Å². The largest absolute Gasteiger partial charge is 0.480 e. The van der Waals surface area contributed by atoms with E-state index >= 15 is 0 Å². The number of carboxylic acids is 1. The molecule has 0 aromatic carbocycles. The van der Waals surface area contributed by atoms with Gasteiger partial charge in [-0.15, -0.1) is 0 Å². The van der Waals surface area contributed by atoms with E-state index in [9.17, 15) is 14.7 Å². The number of aliphatic carboxylic acids is 1. The van der Waals surface area contributed by atoms with E-state index in [2.05, 4.69) is 10.6 Å². The van der Waals surface area contributed by atoms with Crippen LogP contribution in [0.25, 0.3) is 0 Å². The third kappa shape index (κ3) is 3.76. The van der Waals surface area contributed by atoms with Crippen LogP contribution < -0.4 is 10.6 Å². The van der Waals surface area contributed by atoms with Crippen molar-refractivity contribution in [2.24, 2.45) is 0 Å². The molecule has 1 aliphatic carbocycles. The molecule has 3 N–H and O–H groups in total. The highest BCUT2D eigenvalue weighted by Crippen LogP contribution is 2.28. The van der Waals surface area contributed by atoms with Gasteiger partial charge in [-0.1, -0.05) is 31.4 Å². The highest BCUT2D eigenvalue weighted by atomic mass is 16.4. The zero-order valence-electron chi connectivity index (χ0n) is 10.2. The summed E-state index contributed by atoms with van der Waals surface area (Å²) in [6.07, 6.45) is 7.39. The molecule has 2 amide bonds. The minimum absolute atomic E-state index is 0.410. The molecule has 0 saturated heterocycles. The lowest BCUT2D eigenvalue weighted by atomic mass is 9.82. The van der Waals surface area contributed by atoms with E-state index in [0.717, 1.165) is 19.3 Å². The van der Waals surface area contributed by atoms with Crippen molar-refractivity contribution in [3.63, 3.8) is 0 Å². The summed E-state index contributed by atoms with van der Waals surface area (Å²) < 4.78 is 0. The summed E-state index contributed by atoms with van der Waals surface area (Å²) >= 11 is 0. The lowest BCUT2D eigenvalue weighted by Crippen LogP contribution is -2.58. The lowest BCUT2D eigenvalue weighted by Gasteiger charge is -2.33. The van der Waals surface area contributed by atoms with Crippen LogP contribution >= 0.6 is 0 Å². The zero-order valence-corrected chi connectivity index (χ0v) is 10.2. The van der Waals surface area contributed by atoms with Gasteiger partial charge in [-0.05, 0) is 19.8 Å². The minimum atomic E-state index is -1.07. The molecule has 0 unspecified atom stereocenters. The Morgan fingerprint density at radius 2 is 1.94 bits per heavy atom. The first-order valence-corrected chi connectivity index (χ1v) is 6.01. The molecule has 1 aliphatic rings. The van der Waals surface area contributed by atoms with Crippen LogP contribution in [0.2, 0.25) is 0 Å². The van der Waals surface area contributed by atoms with Crippen LogP contribution in [0.4, 0.5) is 4.79 Å². The van der Waals surface area contributed by atoms with Crippen molar-refractivity contribution in [2.45, 2.75) is 44.6 Å². The molecule has 0 aromatic heterocycles. The van der Waals surface area contributed by atoms with Crippen LogP contribution in [0.5, 0.6) is 0 Å². The summed E-state index contributed by atoms with van der Waals surface area (Å²) in [7, 11) is 0. The quantitative estimate of drug-likeness (QED) is 0.654. The number of carbonyl (C=O) groups excluding carboxylic acids is 1. The van der Waals surface area contributed by atoms with Crippen LogP contribution in [0.15, 0.2) is 12.2 Å². The average Bonchev–Trinajstić information content (AvgIpc) is 2.30. The van der Waals surface area contributed by atoms with Gasteiger partial charge in [0.25, 0.3) is 0 Å². The highest BCUT2D eigenvalue weighted by molar-refractivity contribution is 5.86. The number of carbonyl (C=O) groups is 2. The van der Waals surface area contributed by atoms with Crippen molar-refractivity contribution in [3.05, 3.63) is 12.2 Å². The van der Waals surface area contributed by atoms with Crippen molar-refractivity contribution in [1.29, 1.82) is 0 Å². The summed E-state index contributed by atoms with van der Waals surface area (Å²) in [4.78, 5) is 22.9. The summed E-state index contributed by atoms with van der Waals surface area (Å²) in [6.45, 7) is 2.28. The maximum atomic E-state index is 11.6. The number of allylic oxidation sites excluding steroid dienone is 1. The predicted molar refractivity (Wildman–Crippen MR) is 64.8 cm³/mol. The Morgan fingerprint density at radius 1 is 1.29 bits per heavy atom. The molecule has 0 radical (unpaired) electrons. The Hall–Kier alpha value is -1.52. The molecule has 1 rings (SSSR count). The summed E-state index contributed by atoms with van der Waals surface area (Å²) in [5, 5.41) is 14.5. The second kappa shape index (κ2) is 6.27. The maximum Gasteiger partial charge on any atom is 0.329 e. The van der Waals surface area contributed by atoms with Gasteiger partial charge < -0.3 is 15.7 Å². The molecule has 0 heterocycles. The van der Waals surface area contributed by atoms with Crippen molar-refractivity contribution in [1.82, 2.24) is 10.6 Å². The predicted octanol–water partition coefficient (Wildman–Crippen LogP) is 1.65. The normalized spacial score (nSPS) is 18.9. The molecule has 1 fully saturated rings. The van der Waals surface area contributed by atoms with Crippen LogP contribution in [0.3, 0.4) is 0 Å². The Labute approximate surface area is 101 Å². The first kappa shape index (κ1) is 13.5. The van der Waals surface area contributed by atoms with Gasteiger partial charge >= 0.3 is 12.0 Å². The molecule has 96 valence electrons. The molecule has 0 aromatic rings. The minimum Gasteiger partial charge on any atom is -0.480 e. The first-order valence-electron chi connectivity index (χ1n) is 6.01. The Morgan fingerprint density at radius 3 is 2.47 bits per heavy atom. The number of urea groups is 1. The van der Waals surface area contributed by atoms with Gasteiger partial charge in [0.15, 0.2) is 0 Å². The molecule has 1 saturated carbocycles. The van der Waals surface area contributed by atoms with E-state index < -0.39 is 17.5 Å². The second-order valence-corrected chi connectivity index (χ2v) is 4.35. The fourth-order valence-electron chi connectivity index (χ4n) is 2.08. The second-order valence-electron chi connectivity index (χ2n) is 4.35. The molecule has 5 heteroatoms. The topological polar surface area (TPSA) is 78.4 Å². The maximum absolute atomic E-state index is 11.6. The van der Waals surface area contributed by atoms with E-state index in [1.807, 2.05) is 13.0 Å². The standard InChI is InChI=1S/C12H20N2O3/c1-2-3-9-13-11(17)14-12(10(15)16)7-5-4-6-8-12/h2-3H,4-9H2,1H3,(H,15,16)(H2,13,14,17)/b3-2+. The monoisotopic (exact) mass is 240 g/mol. The molecule has 0 bridgehead atoms. The van der Waals surface area contributed by atoms with Gasteiger partial charge in [0, 0.05) is 6.54 Å². The fourth-order valence-corrected chi connectivity index (χ4v) is 2.08. The SMILES string of the molecule is C/C=C/CNC(=O)NC1(C(=O)O)CCCCC1. The molecule has 0 aliphatic heterocycles. The number of amides is 2. The molecular weight excluding hydrogens is 220 g/mol. The Kier molecular flexibility index (Phi) is 5.00.